The Morgan fingerprint density at radius 2 is 2.11 bits per heavy atom. The number of para-hydroxylation sites is 1. The third-order valence-corrected chi connectivity index (χ3v) is 5.34. The van der Waals surface area contributed by atoms with Gasteiger partial charge in [0.15, 0.2) is 11.5 Å². The zero-order chi connectivity index (χ0) is 20.1. The summed E-state index contributed by atoms with van der Waals surface area (Å²) in [5.41, 5.74) is 1.71. The van der Waals surface area contributed by atoms with Crippen LogP contribution in [0.3, 0.4) is 0 Å². The second kappa shape index (κ2) is 9.08. The van der Waals surface area contributed by atoms with E-state index in [-0.39, 0.29) is 5.91 Å². The van der Waals surface area contributed by atoms with Gasteiger partial charge in [0, 0.05) is 13.1 Å². The Morgan fingerprint density at radius 3 is 2.82 bits per heavy atom. The number of benzene rings is 2. The molecule has 3 rings (SSSR count). The second-order valence-electron chi connectivity index (χ2n) is 6.07. The monoisotopic (exact) mass is 416 g/mol. The van der Waals surface area contributed by atoms with E-state index in [0.717, 1.165) is 20.8 Å². The highest BCUT2D eigenvalue weighted by atomic mass is 35.5. The van der Waals surface area contributed by atoms with Crippen LogP contribution in [0.25, 0.3) is 16.3 Å². The predicted molar refractivity (Wildman–Crippen MR) is 114 cm³/mol. The van der Waals surface area contributed by atoms with Crippen LogP contribution in [0.4, 0.5) is 0 Å². The lowest BCUT2D eigenvalue weighted by atomic mass is 10.2. The number of ether oxygens (including phenoxy) is 2. The Hall–Kier alpha value is -2.57. The summed E-state index contributed by atoms with van der Waals surface area (Å²) in [5, 5.41) is 1.33. The zero-order valence-corrected chi connectivity index (χ0v) is 17.5. The Balaban J connectivity index is 1.71. The van der Waals surface area contributed by atoms with Gasteiger partial charge in [-0.15, -0.1) is 11.3 Å². The lowest BCUT2D eigenvalue weighted by molar-refractivity contribution is -0.125. The van der Waals surface area contributed by atoms with Crippen molar-refractivity contribution in [3.05, 3.63) is 58.1 Å². The summed E-state index contributed by atoms with van der Waals surface area (Å²) >= 11 is 7.85. The molecule has 1 heterocycles. The quantitative estimate of drug-likeness (QED) is 0.507. The molecule has 1 amide bonds. The maximum atomic E-state index is 12.5. The number of methoxy groups -OCH3 is 1. The van der Waals surface area contributed by atoms with Gasteiger partial charge in [0.1, 0.15) is 5.01 Å². The normalized spacial score (nSPS) is 11.1. The van der Waals surface area contributed by atoms with Crippen molar-refractivity contribution in [2.45, 2.75) is 13.5 Å². The van der Waals surface area contributed by atoms with E-state index in [1.54, 1.807) is 48.6 Å². The summed E-state index contributed by atoms with van der Waals surface area (Å²) in [6.45, 7) is 2.83. The highest BCUT2D eigenvalue weighted by molar-refractivity contribution is 7.18. The van der Waals surface area contributed by atoms with E-state index in [9.17, 15) is 4.79 Å². The number of halogens is 1. The maximum absolute atomic E-state index is 12.5. The van der Waals surface area contributed by atoms with Gasteiger partial charge in [0.05, 0.1) is 35.5 Å². The van der Waals surface area contributed by atoms with Crippen LogP contribution in [0.1, 0.15) is 17.5 Å². The van der Waals surface area contributed by atoms with E-state index in [2.05, 4.69) is 4.98 Å². The van der Waals surface area contributed by atoms with Gasteiger partial charge in [0.25, 0.3) is 0 Å². The number of likely N-dealkylation sites (N-methyl/N-ethyl adjacent to an activating group) is 1. The SMILES string of the molecule is CCOc1cc(/C=C/C(=O)N(C)Cc2nc3ccccc3s2)cc(Cl)c1OC. The van der Waals surface area contributed by atoms with Crippen molar-refractivity contribution < 1.29 is 14.3 Å². The van der Waals surface area contributed by atoms with Gasteiger partial charge in [-0.2, -0.15) is 0 Å². The van der Waals surface area contributed by atoms with E-state index in [1.165, 1.54) is 6.08 Å². The van der Waals surface area contributed by atoms with Crippen molar-refractivity contribution in [2.24, 2.45) is 0 Å². The molecule has 0 aliphatic heterocycles. The number of fused-ring (bicyclic) bond motifs is 1. The molecular weight excluding hydrogens is 396 g/mol. The Bertz CT molecular complexity index is 983. The molecule has 0 aliphatic carbocycles. The van der Waals surface area contributed by atoms with Crippen LogP contribution in [-0.4, -0.2) is 36.6 Å². The summed E-state index contributed by atoms with van der Waals surface area (Å²) in [6.07, 6.45) is 3.23. The first-order valence-corrected chi connectivity index (χ1v) is 9.99. The lowest BCUT2D eigenvalue weighted by Crippen LogP contribution is -2.23. The molecule has 0 N–H and O–H groups in total. The summed E-state index contributed by atoms with van der Waals surface area (Å²) in [4.78, 5) is 18.7. The average molecular weight is 417 g/mol. The van der Waals surface area contributed by atoms with Crippen LogP contribution in [0, 0.1) is 0 Å². The number of amides is 1. The molecule has 0 saturated carbocycles. The highest BCUT2D eigenvalue weighted by Crippen LogP contribution is 2.36. The smallest absolute Gasteiger partial charge is 0.246 e. The summed E-state index contributed by atoms with van der Waals surface area (Å²) < 4.78 is 12.0. The fraction of sp³-hybridized carbons (Fsp3) is 0.238. The molecule has 5 nitrogen and oxygen atoms in total. The molecule has 0 bridgehead atoms. The molecule has 146 valence electrons. The first-order chi connectivity index (χ1) is 13.5. The summed E-state index contributed by atoms with van der Waals surface area (Å²) in [7, 11) is 3.30. The number of carbonyl (C=O) groups is 1. The fourth-order valence-electron chi connectivity index (χ4n) is 2.71. The van der Waals surface area contributed by atoms with E-state index in [1.807, 2.05) is 31.2 Å². The molecule has 0 atom stereocenters. The largest absolute Gasteiger partial charge is 0.491 e. The summed E-state index contributed by atoms with van der Waals surface area (Å²) in [5.74, 6) is 0.913. The number of thiazole rings is 1. The number of aromatic nitrogens is 1. The van der Waals surface area contributed by atoms with Gasteiger partial charge < -0.3 is 14.4 Å². The van der Waals surface area contributed by atoms with Gasteiger partial charge in [-0.1, -0.05) is 23.7 Å². The molecule has 0 saturated heterocycles. The predicted octanol–water partition coefficient (Wildman–Crippen LogP) is 5.03. The minimum absolute atomic E-state index is 0.121. The molecule has 3 aromatic rings. The van der Waals surface area contributed by atoms with Gasteiger partial charge in [-0.3, -0.25) is 4.79 Å². The third kappa shape index (κ3) is 4.64. The molecular formula is C21H21ClN2O3S. The Morgan fingerprint density at radius 1 is 1.32 bits per heavy atom. The van der Waals surface area contributed by atoms with Crippen molar-refractivity contribution in [3.8, 4) is 11.5 Å². The highest BCUT2D eigenvalue weighted by Gasteiger charge is 2.12. The average Bonchev–Trinajstić information content (AvgIpc) is 3.08. The number of rotatable bonds is 7. The third-order valence-electron chi connectivity index (χ3n) is 4.04. The lowest BCUT2D eigenvalue weighted by Gasteiger charge is -2.13. The van der Waals surface area contributed by atoms with E-state index < -0.39 is 0 Å². The van der Waals surface area contributed by atoms with Gasteiger partial charge >= 0.3 is 0 Å². The van der Waals surface area contributed by atoms with Gasteiger partial charge in [-0.25, -0.2) is 4.98 Å². The molecule has 1 aromatic heterocycles. The number of hydrogen-bond donors (Lipinski definition) is 0. The molecule has 0 spiro atoms. The van der Waals surface area contributed by atoms with E-state index in [4.69, 9.17) is 21.1 Å². The van der Waals surface area contributed by atoms with Gasteiger partial charge in [0.2, 0.25) is 5.91 Å². The van der Waals surface area contributed by atoms with Crippen LogP contribution in [0.15, 0.2) is 42.5 Å². The summed E-state index contributed by atoms with van der Waals surface area (Å²) in [6, 6.07) is 11.5. The van der Waals surface area contributed by atoms with Gasteiger partial charge in [-0.05, 0) is 42.8 Å². The van der Waals surface area contributed by atoms with Crippen LogP contribution >= 0.6 is 22.9 Å². The molecule has 0 unspecified atom stereocenters. The maximum Gasteiger partial charge on any atom is 0.246 e. The molecule has 28 heavy (non-hydrogen) atoms. The van der Waals surface area contributed by atoms with Crippen molar-refractivity contribution >= 4 is 45.1 Å². The van der Waals surface area contributed by atoms with Crippen molar-refractivity contribution in [1.29, 1.82) is 0 Å². The Kier molecular flexibility index (Phi) is 6.54. The fourth-order valence-corrected chi connectivity index (χ4v) is 4.03. The van der Waals surface area contributed by atoms with Crippen molar-refractivity contribution in [1.82, 2.24) is 9.88 Å². The van der Waals surface area contributed by atoms with Crippen LogP contribution in [0.5, 0.6) is 11.5 Å². The second-order valence-corrected chi connectivity index (χ2v) is 7.59. The molecule has 2 aromatic carbocycles. The Labute approximate surface area is 173 Å². The standard InChI is InChI=1S/C21H21ClN2O3S/c1-4-27-17-12-14(11-15(22)21(17)26-3)9-10-20(25)24(2)13-19-23-16-7-5-6-8-18(16)28-19/h5-12H,4,13H2,1-3H3/b10-9+. The molecule has 0 aliphatic rings. The molecule has 7 heteroatoms. The minimum Gasteiger partial charge on any atom is -0.491 e. The number of hydrogen-bond acceptors (Lipinski definition) is 5. The van der Waals surface area contributed by atoms with E-state index >= 15 is 0 Å². The first-order valence-electron chi connectivity index (χ1n) is 8.79. The number of carbonyl (C=O) groups excluding carboxylic acids is 1. The minimum atomic E-state index is -0.121. The number of nitrogens with zero attached hydrogens (tertiary/aromatic N) is 2. The molecule has 0 fully saturated rings. The van der Waals surface area contributed by atoms with Crippen LogP contribution < -0.4 is 9.47 Å². The first kappa shape index (κ1) is 20.2. The van der Waals surface area contributed by atoms with E-state index in [0.29, 0.717) is 29.7 Å². The molecule has 0 radical (unpaired) electrons. The van der Waals surface area contributed by atoms with Crippen LogP contribution in [-0.2, 0) is 11.3 Å². The van der Waals surface area contributed by atoms with Crippen molar-refractivity contribution in [2.75, 3.05) is 20.8 Å². The van der Waals surface area contributed by atoms with Crippen molar-refractivity contribution in [3.63, 3.8) is 0 Å². The van der Waals surface area contributed by atoms with Crippen LogP contribution in [0.2, 0.25) is 5.02 Å². The topological polar surface area (TPSA) is 51.7 Å². The zero-order valence-electron chi connectivity index (χ0n) is 15.9.